The van der Waals surface area contributed by atoms with Crippen LogP contribution in [0.1, 0.15) is 125 Å². The Morgan fingerprint density at radius 1 is 0.659 bits per heavy atom. The van der Waals surface area contributed by atoms with Crippen LogP contribution in [0, 0.1) is 5.82 Å². The first-order valence-corrected chi connectivity index (χ1v) is 16.5. The second-order valence-corrected chi connectivity index (χ2v) is 11.5. The molecular formula is C38H49FO5. The molecule has 0 saturated carbocycles. The molecule has 0 aliphatic rings. The third kappa shape index (κ3) is 12.1. The van der Waals surface area contributed by atoms with Crippen LogP contribution in [0.2, 0.25) is 0 Å². The van der Waals surface area contributed by atoms with Crippen molar-refractivity contribution in [1.82, 2.24) is 0 Å². The number of carbonyl (C=O) groups excluding carboxylic acids is 2. The largest absolute Gasteiger partial charge is 0.493 e. The van der Waals surface area contributed by atoms with Gasteiger partial charge >= 0.3 is 11.9 Å². The van der Waals surface area contributed by atoms with Gasteiger partial charge in [0.25, 0.3) is 0 Å². The van der Waals surface area contributed by atoms with Crippen molar-refractivity contribution in [2.24, 2.45) is 0 Å². The minimum atomic E-state index is -0.771. The first kappa shape index (κ1) is 34.8. The second-order valence-electron chi connectivity index (χ2n) is 11.5. The van der Waals surface area contributed by atoms with Crippen LogP contribution in [-0.2, 0) is 4.74 Å². The summed E-state index contributed by atoms with van der Waals surface area (Å²) in [6.45, 7) is 6.85. The molecule has 0 spiro atoms. The normalized spacial score (nSPS) is 11.6. The topological polar surface area (TPSA) is 61.8 Å². The molecule has 238 valence electrons. The highest BCUT2D eigenvalue weighted by atomic mass is 19.1. The van der Waals surface area contributed by atoms with Crippen LogP contribution in [0.5, 0.6) is 11.5 Å². The summed E-state index contributed by atoms with van der Waals surface area (Å²) in [4.78, 5) is 25.2. The van der Waals surface area contributed by atoms with Gasteiger partial charge in [-0.1, -0.05) is 102 Å². The molecule has 44 heavy (non-hydrogen) atoms. The Labute approximate surface area is 263 Å². The maximum absolute atomic E-state index is 14.7. The lowest BCUT2D eigenvalue weighted by atomic mass is 10.0. The highest BCUT2D eigenvalue weighted by Crippen LogP contribution is 2.25. The molecule has 0 saturated heterocycles. The number of unbranched alkanes of at least 4 members (excludes halogenated alkanes) is 10. The summed E-state index contributed by atoms with van der Waals surface area (Å²) in [5.41, 5.74) is 2.15. The Hall–Kier alpha value is -3.67. The summed E-state index contributed by atoms with van der Waals surface area (Å²) in [7, 11) is 0. The molecule has 0 heterocycles. The van der Waals surface area contributed by atoms with Gasteiger partial charge in [-0.05, 0) is 73.7 Å². The number of benzene rings is 3. The van der Waals surface area contributed by atoms with Gasteiger partial charge < -0.3 is 14.2 Å². The second kappa shape index (κ2) is 19.6. The Bertz CT molecular complexity index is 1270. The molecule has 0 N–H and O–H groups in total. The molecule has 0 aromatic heterocycles. The minimum absolute atomic E-state index is 0.112. The summed E-state index contributed by atoms with van der Waals surface area (Å²) in [6.07, 6.45) is 15.0. The van der Waals surface area contributed by atoms with E-state index >= 15 is 0 Å². The zero-order chi connectivity index (χ0) is 31.6. The molecule has 0 aliphatic carbocycles. The van der Waals surface area contributed by atoms with E-state index in [1.165, 1.54) is 63.5 Å². The first-order valence-electron chi connectivity index (χ1n) is 16.5. The van der Waals surface area contributed by atoms with Gasteiger partial charge in [0.2, 0.25) is 0 Å². The molecule has 0 radical (unpaired) electrons. The van der Waals surface area contributed by atoms with Crippen molar-refractivity contribution in [3.05, 3.63) is 83.7 Å². The Kier molecular flexibility index (Phi) is 15.5. The number of halogens is 1. The lowest BCUT2D eigenvalue weighted by Crippen LogP contribution is -2.15. The van der Waals surface area contributed by atoms with E-state index in [2.05, 4.69) is 13.8 Å². The van der Waals surface area contributed by atoms with Crippen LogP contribution in [0.4, 0.5) is 4.39 Å². The maximum atomic E-state index is 14.7. The number of rotatable bonds is 20. The third-order valence-corrected chi connectivity index (χ3v) is 7.72. The number of hydrogen-bond donors (Lipinski definition) is 0. The fraction of sp³-hybridized carbons (Fsp3) is 0.474. The minimum Gasteiger partial charge on any atom is -0.493 e. The quantitative estimate of drug-likeness (QED) is 0.0729. The van der Waals surface area contributed by atoms with Crippen LogP contribution in [0.25, 0.3) is 11.1 Å². The van der Waals surface area contributed by atoms with Gasteiger partial charge in [0.15, 0.2) is 0 Å². The van der Waals surface area contributed by atoms with Crippen LogP contribution in [0.3, 0.4) is 0 Å². The van der Waals surface area contributed by atoms with Crippen LogP contribution in [0.15, 0.2) is 66.7 Å². The van der Waals surface area contributed by atoms with Crippen LogP contribution in [-0.4, -0.2) is 24.6 Å². The monoisotopic (exact) mass is 604 g/mol. The Morgan fingerprint density at radius 2 is 1.20 bits per heavy atom. The van der Waals surface area contributed by atoms with Crippen molar-refractivity contribution in [2.45, 2.75) is 110 Å². The third-order valence-electron chi connectivity index (χ3n) is 7.72. The van der Waals surface area contributed by atoms with Crippen molar-refractivity contribution >= 4 is 11.9 Å². The van der Waals surface area contributed by atoms with Gasteiger partial charge in [-0.15, -0.1) is 0 Å². The van der Waals surface area contributed by atoms with Gasteiger partial charge in [-0.3, -0.25) is 0 Å². The molecule has 0 aliphatic heterocycles. The predicted octanol–water partition coefficient (Wildman–Crippen LogP) is 10.7. The first-order chi connectivity index (χ1) is 21.4. The van der Waals surface area contributed by atoms with E-state index in [1.807, 2.05) is 31.2 Å². The zero-order valence-electron chi connectivity index (χ0n) is 26.7. The molecule has 0 unspecified atom stereocenters. The molecule has 0 fully saturated rings. The van der Waals surface area contributed by atoms with Gasteiger partial charge in [0.1, 0.15) is 17.3 Å². The molecule has 6 heteroatoms. The standard InChI is InChI=1S/C38H49FO5/c1-4-6-8-10-11-12-13-15-27-42-34-25-26-35(36(39)28-34)38(41)44-33-23-21-31(22-24-33)30-17-19-32(20-18-30)37(40)43-29(3)16-14-9-7-5-2/h17-26,28-29H,4-16,27H2,1-3H3/t29-/m1/s1. The van der Waals surface area contributed by atoms with E-state index in [1.54, 1.807) is 30.3 Å². The van der Waals surface area contributed by atoms with Crippen LogP contribution < -0.4 is 9.47 Å². The maximum Gasteiger partial charge on any atom is 0.346 e. The molecule has 3 aromatic rings. The van der Waals surface area contributed by atoms with E-state index in [0.717, 1.165) is 43.2 Å². The van der Waals surface area contributed by atoms with Gasteiger partial charge in [-0.25, -0.2) is 14.0 Å². The van der Waals surface area contributed by atoms with Gasteiger partial charge in [0.05, 0.1) is 23.8 Å². The van der Waals surface area contributed by atoms with Gasteiger partial charge in [-0.2, -0.15) is 0 Å². The Morgan fingerprint density at radius 3 is 1.82 bits per heavy atom. The van der Waals surface area contributed by atoms with E-state index < -0.39 is 11.8 Å². The van der Waals surface area contributed by atoms with Crippen molar-refractivity contribution in [3.63, 3.8) is 0 Å². The fourth-order valence-corrected chi connectivity index (χ4v) is 5.02. The molecule has 3 aromatic carbocycles. The van der Waals surface area contributed by atoms with Crippen LogP contribution >= 0.6 is 0 Å². The predicted molar refractivity (Wildman–Crippen MR) is 175 cm³/mol. The fourth-order valence-electron chi connectivity index (χ4n) is 5.02. The summed E-state index contributed by atoms with van der Waals surface area (Å²) in [5, 5.41) is 0. The van der Waals surface area contributed by atoms with Crippen molar-refractivity contribution < 1.29 is 28.2 Å². The highest BCUT2D eigenvalue weighted by molar-refractivity contribution is 5.92. The number of carbonyl (C=O) groups is 2. The van der Waals surface area contributed by atoms with E-state index in [0.29, 0.717) is 23.7 Å². The van der Waals surface area contributed by atoms with Gasteiger partial charge in [0, 0.05) is 6.07 Å². The Balaban J connectivity index is 1.44. The summed E-state index contributed by atoms with van der Waals surface area (Å²) >= 11 is 0. The van der Waals surface area contributed by atoms with Crippen molar-refractivity contribution in [1.29, 1.82) is 0 Å². The summed E-state index contributed by atoms with van der Waals surface area (Å²) < 4.78 is 31.4. The van der Waals surface area contributed by atoms with Crippen molar-refractivity contribution in [3.8, 4) is 22.6 Å². The molecular weight excluding hydrogens is 555 g/mol. The SMILES string of the molecule is CCCCCCCCCCOc1ccc(C(=O)Oc2ccc(-c3ccc(C(=O)O[C@H](C)CCCCCC)cc3)cc2)c(F)c1. The number of esters is 2. The molecule has 1 atom stereocenters. The smallest absolute Gasteiger partial charge is 0.346 e. The van der Waals surface area contributed by atoms with E-state index in [9.17, 15) is 14.0 Å². The average molecular weight is 605 g/mol. The molecule has 0 amide bonds. The molecule has 0 bridgehead atoms. The molecule has 5 nitrogen and oxygen atoms in total. The molecule has 3 rings (SSSR count). The van der Waals surface area contributed by atoms with E-state index in [-0.39, 0.29) is 17.6 Å². The van der Waals surface area contributed by atoms with E-state index in [4.69, 9.17) is 14.2 Å². The lowest BCUT2D eigenvalue weighted by molar-refractivity contribution is 0.0319. The zero-order valence-corrected chi connectivity index (χ0v) is 26.7. The highest BCUT2D eigenvalue weighted by Gasteiger charge is 2.16. The lowest BCUT2D eigenvalue weighted by Gasteiger charge is -2.13. The van der Waals surface area contributed by atoms with Crippen molar-refractivity contribution in [2.75, 3.05) is 6.61 Å². The summed E-state index contributed by atoms with van der Waals surface area (Å²) in [6, 6.07) is 18.4. The number of ether oxygens (including phenoxy) is 3. The number of hydrogen-bond acceptors (Lipinski definition) is 5. The average Bonchev–Trinajstić information content (AvgIpc) is 3.03. The summed E-state index contributed by atoms with van der Waals surface area (Å²) in [5.74, 6) is -1.06.